The number of hydrogen-bond donors (Lipinski definition) is 1. The van der Waals surface area contributed by atoms with E-state index >= 15 is 0 Å². The van der Waals surface area contributed by atoms with Crippen molar-refractivity contribution in [3.05, 3.63) is 41.0 Å². The second kappa shape index (κ2) is 7.63. The molecule has 2 aromatic heterocycles. The normalized spacial score (nSPS) is 13.0. The number of nitrogens with one attached hydrogen (secondary N) is 1. The molecule has 5 nitrogen and oxygen atoms in total. The molecule has 0 spiro atoms. The Bertz CT molecular complexity index is 938. The zero-order valence-electron chi connectivity index (χ0n) is 14.4. The number of benzene rings is 1. The lowest BCUT2D eigenvalue weighted by Gasteiger charge is -2.07. The van der Waals surface area contributed by atoms with Crippen molar-refractivity contribution in [3.8, 4) is 5.75 Å². The van der Waals surface area contributed by atoms with Gasteiger partial charge in [-0.05, 0) is 56.0 Å². The number of anilines is 1. The van der Waals surface area contributed by atoms with E-state index in [2.05, 4.69) is 15.3 Å². The molecule has 1 aromatic carbocycles. The Labute approximate surface area is 160 Å². The molecule has 1 aliphatic rings. The molecule has 4 rings (SSSR count). The molecule has 0 fully saturated rings. The number of fused-ring (bicyclic) bond motifs is 3. The number of aryl methyl sites for hydroxylation is 2. The zero-order chi connectivity index (χ0) is 17.9. The van der Waals surface area contributed by atoms with Crippen molar-refractivity contribution in [1.82, 2.24) is 9.97 Å². The fourth-order valence-corrected chi connectivity index (χ4v) is 5.26. The van der Waals surface area contributed by atoms with Gasteiger partial charge in [0.25, 0.3) is 0 Å². The number of hydrogen-bond acceptors (Lipinski definition) is 6. The molecule has 7 heteroatoms. The van der Waals surface area contributed by atoms with Crippen molar-refractivity contribution in [1.29, 1.82) is 0 Å². The smallest absolute Gasteiger partial charge is 0.234 e. The Balaban J connectivity index is 1.42. The van der Waals surface area contributed by atoms with Crippen molar-refractivity contribution >= 4 is 44.9 Å². The summed E-state index contributed by atoms with van der Waals surface area (Å²) in [4.78, 5) is 23.6. The molecule has 1 amide bonds. The van der Waals surface area contributed by atoms with Gasteiger partial charge in [0.2, 0.25) is 5.91 Å². The van der Waals surface area contributed by atoms with Gasteiger partial charge >= 0.3 is 0 Å². The molecule has 1 N–H and O–H groups in total. The van der Waals surface area contributed by atoms with Crippen LogP contribution in [0, 0.1) is 0 Å². The van der Waals surface area contributed by atoms with Crippen molar-refractivity contribution in [3.63, 3.8) is 0 Å². The number of ether oxygens (including phenoxy) is 1. The Morgan fingerprint density at radius 3 is 2.92 bits per heavy atom. The monoisotopic (exact) mass is 385 g/mol. The predicted octanol–water partition coefficient (Wildman–Crippen LogP) is 4.31. The first-order valence-corrected chi connectivity index (χ1v) is 10.5. The standard InChI is InChI=1S/C19H19N3O2S2/c1-2-24-13-8-6-12(7-9-13)22-16(23)10-25-18-17-14-4-3-5-15(14)26-19(17)21-11-20-18/h6-9,11H,2-5,10H2,1H3,(H,22,23). The van der Waals surface area contributed by atoms with Gasteiger partial charge in [0, 0.05) is 16.0 Å². The summed E-state index contributed by atoms with van der Waals surface area (Å²) in [6, 6.07) is 7.41. The third-order valence-corrected chi connectivity index (χ3v) is 6.44. The molecule has 0 saturated carbocycles. The minimum absolute atomic E-state index is 0.0437. The molecule has 3 aromatic rings. The lowest BCUT2D eigenvalue weighted by molar-refractivity contribution is -0.113. The number of carbonyl (C=O) groups excluding carboxylic acids is 1. The maximum Gasteiger partial charge on any atom is 0.234 e. The van der Waals surface area contributed by atoms with E-state index in [-0.39, 0.29) is 5.91 Å². The first-order valence-electron chi connectivity index (χ1n) is 8.65. The molecule has 0 radical (unpaired) electrons. The largest absolute Gasteiger partial charge is 0.494 e. The van der Waals surface area contributed by atoms with Crippen molar-refractivity contribution in [2.75, 3.05) is 17.7 Å². The van der Waals surface area contributed by atoms with Crippen LogP contribution in [0.3, 0.4) is 0 Å². The van der Waals surface area contributed by atoms with Crippen LogP contribution < -0.4 is 10.1 Å². The predicted molar refractivity (Wildman–Crippen MR) is 106 cm³/mol. The van der Waals surface area contributed by atoms with Crippen LogP contribution in [-0.4, -0.2) is 28.2 Å². The van der Waals surface area contributed by atoms with Gasteiger partial charge in [0.05, 0.1) is 12.4 Å². The highest BCUT2D eigenvalue weighted by Crippen LogP contribution is 2.39. The summed E-state index contributed by atoms with van der Waals surface area (Å²) >= 11 is 3.24. The Morgan fingerprint density at radius 2 is 2.12 bits per heavy atom. The van der Waals surface area contributed by atoms with E-state index in [0.717, 1.165) is 39.5 Å². The topological polar surface area (TPSA) is 64.1 Å². The number of carbonyl (C=O) groups is 1. The minimum Gasteiger partial charge on any atom is -0.494 e. The summed E-state index contributed by atoms with van der Waals surface area (Å²) in [6.45, 7) is 2.57. The average molecular weight is 386 g/mol. The van der Waals surface area contributed by atoms with Gasteiger partial charge in [0.15, 0.2) is 0 Å². The highest BCUT2D eigenvalue weighted by atomic mass is 32.2. The Morgan fingerprint density at radius 1 is 1.27 bits per heavy atom. The zero-order valence-corrected chi connectivity index (χ0v) is 16.1. The maximum absolute atomic E-state index is 12.3. The highest BCUT2D eigenvalue weighted by molar-refractivity contribution is 8.00. The quantitative estimate of drug-likeness (QED) is 0.506. The van der Waals surface area contributed by atoms with Gasteiger partial charge in [0.1, 0.15) is 21.9 Å². The summed E-state index contributed by atoms with van der Waals surface area (Å²) in [5.41, 5.74) is 2.16. The fourth-order valence-electron chi connectivity index (χ4n) is 3.14. The Hall–Kier alpha value is -2.12. The van der Waals surface area contributed by atoms with E-state index in [1.54, 1.807) is 17.7 Å². The summed E-state index contributed by atoms with van der Waals surface area (Å²) < 4.78 is 5.41. The van der Waals surface area contributed by atoms with Crippen LogP contribution in [0.25, 0.3) is 10.2 Å². The maximum atomic E-state index is 12.3. The molecular formula is C19H19N3O2S2. The van der Waals surface area contributed by atoms with E-state index < -0.39 is 0 Å². The van der Waals surface area contributed by atoms with Gasteiger partial charge in [-0.1, -0.05) is 11.8 Å². The average Bonchev–Trinajstić information content (AvgIpc) is 3.23. The summed E-state index contributed by atoms with van der Waals surface area (Å²) in [7, 11) is 0. The lowest BCUT2D eigenvalue weighted by Crippen LogP contribution is -2.14. The van der Waals surface area contributed by atoms with Gasteiger partial charge in [-0.3, -0.25) is 4.79 Å². The van der Waals surface area contributed by atoms with Gasteiger partial charge in [-0.15, -0.1) is 11.3 Å². The van der Waals surface area contributed by atoms with E-state index in [0.29, 0.717) is 12.4 Å². The summed E-state index contributed by atoms with van der Waals surface area (Å²) in [5.74, 6) is 1.08. The van der Waals surface area contributed by atoms with Gasteiger partial charge in [-0.2, -0.15) is 0 Å². The van der Waals surface area contributed by atoms with E-state index in [1.807, 2.05) is 31.2 Å². The molecule has 0 bridgehead atoms. The second-order valence-electron chi connectivity index (χ2n) is 6.01. The third kappa shape index (κ3) is 3.54. The number of nitrogens with zero attached hydrogens (tertiary/aromatic N) is 2. The van der Waals surface area contributed by atoms with Crippen LogP contribution in [-0.2, 0) is 17.6 Å². The fraction of sp³-hybridized carbons (Fsp3) is 0.316. The van der Waals surface area contributed by atoms with Crippen LogP contribution >= 0.6 is 23.1 Å². The number of aromatic nitrogens is 2. The third-order valence-electron chi connectivity index (χ3n) is 4.26. The number of rotatable bonds is 6. The van der Waals surface area contributed by atoms with Crippen LogP contribution in [0.5, 0.6) is 5.75 Å². The van der Waals surface area contributed by atoms with Crippen LogP contribution in [0.4, 0.5) is 5.69 Å². The molecule has 134 valence electrons. The molecule has 26 heavy (non-hydrogen) atoms. The molecule has 0 unspecified atom stereocenters. The van der Waals surface area contributed by atoms with Gasteiger partial charge < -0.3 is 10.1 Å². The van der Waals surface area contributed by atoms with E-state index in [9.17, 15) is 4.79 Å². The molecule has 1 aliphatic carbocycles. The van der Waals surface area contributed by atoms with Crippen LogP contribution in [0.2, 0.25) is 0 Å². The van der Waals surface area contributed by atoms with Gasteiger partial charge in [-0.25, -0.2) is 9.97 Å². The lowest BCUT2D eigenvalue weighted by atomic mass is 10.2. The highest BCUT2D eigenvalue weighted by Gasteiger charge is 2.21. The van der Waals surface area contributed by atoms with E-state index in [4.69, 9.17) is 4.74 Å². The molecular weight excluding hydrogens is 366 g/mol. The number of thiophene rings is 1. The minimum atomic E-state index is -0.0437. The SMILES string of the molecule is CCOc1ccc(NC(=O)CSc2ncnc3sc4c(c23)CCC4)cc1. The number of amides is 1. The summed E-state index contributed by atoms with van der Waals surface area (Å²) in [5, 5.41) is 4.99. The second-order valence-corrected chi connectivity index (χ2v) is 8.06. The molecule has 0 atom stereocenters. The van der Waals surface area contributed by atoms with Crippen molar-refractivity contribution < 1.29 is 9.53 Å². The Kier molecular flexibility index (Phi) is 5.08. The van der Waals surface area contributed by atoms with Crippen molar-refractivity contribution in [2.45, 2.75) is 31.2 Å². The van der Waals surface area contributed by atoms with Crippen LogP contribution in [0.1, 0.15) is 23.8 Å². The molecule has 0 saturated heterocycles. The molecule has 2 heterocycles. The molecule has 0 aliphatic heterocycles. The summed E-state index contributed by atoms with van der Waals surface area (Å²) in [6.07, 6.45) is 5.03. The van der Waals surface area contributed by atoms with Crippen molar-refractivity contribution in [2.24, 2.45) is 0 Å². The van der Waals surface area contributed by atoms with E-state index in [1.165, 1.54) is 28.6 Å². The van der Waals surface area contributed by atoms with Crippen LogP contribution in [0.15, 0.2) is 35.6 Å². The first kappa shape index (κ1) is 17.3. The first-order chi connectivity index (χ1) is 12.7. The number of thioether (sulfide) groups is 1.